The third-order valence-electron chi connectivity index (χ3n) is 8.26. The number of hydrogen-bond acceptors (Lipinski definition) is 15. The smallest absolute Gasteiger partial charge is 0.307 e. The molecular weight excluding hydrogens is 756 g/mol. The molecule has 0 aliphatic rings. The highest BCUT2D eigenvalue weighted by Gasteiger charge is 2.01. The molecule has 0 amide bonds. The molecule has 0 unspecified atom stereocenters. The Balaban J connectivity index is 1.66. The van der Waals surface area contributed by atoms with Crippen molar-refractivity contribution in [3.05, 3.63) is 29.8 Å². The number of ether oxygens (including phenoxy) is 14. The normalized spacial score (nSPS) is 11.4. The number of carbonyl (C=O) groups excluding carboxylic acids is 1. The second-order valence-corrected chi connectivity index (χ2v) is 13.0. The summed E-state index contributed by atoms with van der Waals surface area (Å²) in [7, 11) is 1.35. The summed E-state index contributed by atoms with van der Waals surface area (Å²) >= 11 is 0. The van der Waals surface area contributed by atoms with Crippen LogP contribution in [0.15, 0.2) is 24.3 Å². The van der Waals surface area contributed by atoms with Crippen molar-refractivity contribution in [2.75, 3.05) is 172 Å². The molecule has 0 spiro atoms. The molecule has 0 fully saturated rings. The van der Waals surface area contributed by atoms with Gasteiger partial charge in [0.25, 0.3) is 0 Å². The van der Waals surface area contributed by atoms with E-state index in [0.29, 0.717) is 165 Å². The molecule has 15 nitrogen and oxygen atoms in total. The predicted octanol–water partition coefficient (Wildman–Crippen LogP) is 5.12. The molecule has 340 valence electrons. The van der Waals surface area contributed by atoms with Crippen LogP contribution in [0.25, 0.3) is 0 Å². The maximum atomic E-state index is 10.9. The van der Waals surface area contributed by atoms with Crippen LogP contribution in [0.5, 0.6) is 5.75 Å². The maximum absolute atomic E-state index is 10.9. The lowest BCUT2D eigenvalue weighted by atomic mass is 10.0. The van der Waals surface area contributed by atoms with Gasteiger partial charge in [0.05, 0.1) is 172 Å². The van der Waals surface area contributed by atoms with Crippen molar-refractivity contribution in [1.29, 1.82) is 0 Å². The van der Waals surface area contributed by atoms with Crippen molar-refractivity contribution >= 4 is 5.97 Å². The van der Waals surface area contributed by atoms with Crippen molar-refractivity contribution < 1.29 is 71.1 Å². The van der Waals surface area contributed by atoms with Gasteiger partial charge in [-0.1, -0.05) is 57.6 Å². The first-order valence-electron chi connectivity index (χ1n) is 21.5. The predicted molar refractivity (Wildman–Crippen MR) is 220 cm³/mol. The summed E-state index contributed by atoms with van der Waals surface area (Å²) in [5, 5.41) is 0. The summed E-state index contributed by atoms with van der Waals surface area (Å²) < 4.78 is 76.1. The minimum absolute atomic E-state index is 0.243. The van der Waals surface area contributed by atoms with Gasteiger partial charge in [0.2, 0.25) is 0 Å². The van der Waals surface area contributed by atoms with Crippen molar-refractivity contribution in [3.8, 4) is 5.75 Å². The van der Waals surface area contributed by atoms with E-state index >= 15 is 0 Å². The Morgan fingerprint density at radius 2 is 0.672 bits per heavy atom. The molecule has 58 heavy (non-hydrogen) atoms. The van der Waals surface area contributed by atoms with Gasteiger partial charge in [-0.25, -0.2) is 0 Å². The van der Waals surface area contributed by atoms with Gasteiger partial charge in [-0.2, -0.15) is 0 Å². The van der Waals surface area contributed by atoms with Crippen LogP contribution in [0.2, 0.25) is 0 Å². The van der Waals surface area contributed by atoms with Gasteiger partial charge in [0, 0.05) is 0 Å². The molecule has 0 bridgehead atoms. The zero-order valence-electron chi connectivity index (χ0n) is 36.0. The van der Waals surface area contributed by atoms with E-state index in [-0.39, 0.29) is 12.4 Å². The summed E-state index contributed by atoms with van der Waals surface area (Å²) in [6, 6.07) is 8.44. The Morgan fingerprint density at radius 3 is 1.00 bits per heavy atom. The molecule has 0 aliphatic heterocycles. The largest absolute Gasteiger partial charge is 0.491 e. The highest BCUT2D eigenvalue weighted by Crippen LogP contribution is 2.15. The Bertz CT molecular complexity index is 956. The number of unbranched alkanes of at least 4 members (excludes halogenated alkanes) is 6. The van der Waals surface area contributed by atoms with Crippen LogP contribution in [-0.2, 0) is 72.8 Å². The van der Waals surface area contributed by atoms with Crippen LogP contribution in [0, 0.1) is 0 Å². The van der Waals surface area contributed by atoms with Gasteiger partial charge in [-0.05, 0) is 30.5 Å². The minimum Gasteiger partial charge on any atom is -0.491 e. The highest BCUT2D eigenvalue weighted by atomic mass is 16.6. The van der Waals surface area contributed by atoms with Crippen LogP contribution in [0.3, 0.4) is 0 Å². The Kier molecular flexibility index (Phi) is 42.9. The van der Waals surface area contributed by atoms with E-state index in [9.17, 15) is 4.79 Å². The number of carbonyl (C=O) groups is 1. The number of esters is 1. The number of methoxy groups -OCH3 is 1. The molecule has 0 saturated heterocycles. The Labute approximate surface area is 349 Å². The summed E-state index contributed by atoms with van der Waals surface area (Å²) in [6.45, 7) is 14.5. The van der Waals surface area contributed by atoms with Crippen LogP contribution < -0.4 is 4.74 Å². The standard InChI is InChI=1S/C43H78O15/c1-3-4-5-6-7-8-9-10-41-11-13-42(14-12-41)58-40-39-57-38-37-56-36-35-55-34-33-54-32-31-53-30-29-52-28-27-51-26-25-50-24-23-49-22-21-48-20-19-47-18-17-46-16-15-43(44)45-2/h11-14H,3-10,15-40H2,1-2H3. The lowest BCUT2D eigenvalue weighted by molar-refractivity contribution is -0.141. The molecular formula is C43H78O15. The van der Waals surface area contributed by atoms with E-state index in [4.69, 9.17) is 61.6 Å². The summed E-state index contributed by atoms with van der Waals surface area (Å²) in [6.07, 6.45) is 10.7. The second-order valence-electron chi connectivity index (χ2n) is 13.0. The van der Waals surface area contributed by atoms with Crippen molar-refractivity contribution in [2.45, 2.75) is 64.7 Å². The first kappa shape index (κ1) is 54.0. The van der Waals surface area contributed by atoms with Crippen LogP contribution in [0.1, 0.15) is 63.9 Å². The molecule has 0 saturated carbocycles. The summed E-state index contributed by atoms with van der Waals surface area (Å²) in [5.74, 6) is 0.596. The van der Waals surface area contributed by atoms with E-state index in [1.54, 1.807) is 0 Å². The molecule has 0 heterocycles. The van der Waals surface area contributed by atoms with E-state index < -0.39 is 0 Å². The van der Waals surface area contributed by atoms with Crippen molar-refractivity contribution in [2.24, 2.45) is 0 Å². The number of hydrogen-bond donors (Lipinski definition) is 0. The molecule has 0 atom stereocenters. The van der Waals surface area contributed by atoms with E-state index in [1.165, 1.54) is 57.6 Å². The average molecular weight is 835 g/mol. The van der Waals surface area contributed by atoms with Gasteiger partial charge >= 0.3 is 5.97 Å². The fourth-order valence-corrected chi connectivity index (χ4v) is 5.04. The maximum Gasteiger partial charge on any atom is 0.307 e. The van der Waals surface area contributed by atoms with E-state index in [1.807, 2.05) is 0 Å². The summed E-state index contributed by atoms with van der Waals surface area (Å²) in [5.41, 5.74) is 1.38. The molecule has 1 aromatic carbocycles. The molecule has 15 heteroatoms. The monoisotopic (exact) mass is 835 g/mol. The number of aryl methyl sites for hydroxylation is 1. The fraction of sp³-hybridized carbons (Fsp3) is 0.837. The van der Waals surface area contributed by atoms with Gasteiger partial charge in [0.15, 0.2) is 0 Å². The first-order valence-corrected chi connectivity index (χ1v) is 21.5. The van der Waals surface area contributed by atoms with Crippen LogP contribution in [0.4, 0.5) is 0 Å². The van der Waals surface area contributed by atoms with Crippen LogP contribution >= 0.6 is 0 Å². The average Bonchev–Trinajstić information content (AvgIpc) is 3.24. The lowest BCUT2D eigenvalue weighted by Gasteiger charge is -2.09. The van der Waals surface area contributed by atoms with E-state index in [2.05, 4.69) is 35.9 Å². The van der Waals surface area contributed by atoms with E-state index in [0.717, 1.165) is 12.2 Å². The summed E-state index contributed by atoms with van der Waals surface area (Å²) in [4.78, 5) is 10.9. The molecule has 0 aromatic heterocycles. The first-order chi connectivity index (χ1) is 28.8. The Morgan fingerprint density at radius 1 is 0.379 bits per heavy atom. The highest BCUT2D eigenvalue weighted by molar-refractivity contribution is 5.69. The minimum atomic E-state index is -0.286. The second kappa shape index (κ2) is 46.1. The van der Waals surface area contributed by atoms with Crippen LogP contribution in [-0.4, -0.2) is 178 Å². The van der Waals surface area contributed by atoms with Gasteiger partial charge in [0.1, 0.15) is 12.4 Å². The third-order valence-corrected chi connectivity index (χ3v) is 8.26. The Hall–Kier alpha value is -1.99. The van der Waals surface area contributed by atoms with Gasteiger partial charge in [-0.15, -0.1) is 0 Å². The topological polar surface area (TPSA) is 146 Å². The number of rotatable bonds is 48. The van der Waals surface area contributed by atoms with Crippen molar-refractivity contribution in [1.82, 2.24) is 0 Å². The van der Waals surface area contributed by atoms with Crippen molar-refractivity contribution in [3.63, 3.8) is 0 Å². The lowest BCUT2D eigenvalue weighted by Crippen LogP contribution is -2.15. The zero-order chi connectivity index (χ0) is 41.5. The molecule has 0 radical (unpaired) electrons. The zero-order valence-corrected chi connectivity index (χ0v) is 36.0. The fourth-order valence-electron chi connectivity index (χ4n) is 5.04. The molecule has 0 aliphatic carbocycles. The van der Waals surface area contributed by atoms with Gasteiger partial charge in [-0.3, -0.25) is 4.79 Å². The third kappa shape index (κ3) is 40.8. The quantitative estimate of drug-likeness (QED) is 0.0632. The molecule has 1 rings (SSSR count). The molecule has 0 N–H and O–H groups in total. The van der Waals surface area contributed by atoms with Gasteiger partial charge < -0.3 is 66.3 Å². The SMILES string of the molecule is CCCCCCCCCc1ccc(OCCOCCOCCOCCOCCOCCOCCOCCOCCOCCOCCOCCOCCC(=O)OC)cc1. The number of benzene rings is 1. The molecule has 1 aromatic rings.